The molecule has 0 fully saturated rings. The molecule has 3 rings (SSSR count). The van der Waals surface area contributed by atoms with Crippen LogP contribution in [0.15, 0.2) is 46.2 Å². The fourth-order valence-electron chi connectivity index (χ4n) is 2.51. The van der Waals surface area contributed by atoms with E-state index in [1.165, 1.54) is 12.1 Å². The van der Waals surface area contributed by atoms with Gasteiger partial charge in [0.25, 0.3) is 10.0 Å². The molecule has 0 bridgehead atoms. The van der Waals surface area contributed by atoms with Crippen molar-refractivity contribution >= 4 is 50.7 Å². The van der Waals surface area contributed by atoms with Gasteiger partial charge in [0.1, 0.15) is 0 Å². The molecule has 1 amide bonds. The van der Waals surface area contributed by atoms with Gasteiger partial charge in [0.2, 0.25) is 5.91 Å². The average molecular weight is 397 g/mol. The molecule has 25 heavy (non-hydrogen) atoms. The number of amides is 1. The lowest BCUT2D eigenvalue weighted by molar-refractivity contribution is -0.116. The Morgan fingerprint density at radius 2 is 2.00 bits per heavy atom. The second kappa shape index (κ2) is 6.90. The lowest BCUT2D eigenvalue weighted by Gasteiger charge is -2.13. The van der Waals surface area contributed by atoms with Crippen LogP contribution in [0.5, 0.6) is 0 Å². The number of halogens is 1. The minimum atomic E-state index is -3.80. The average Bonchev–Trinajstić information content (AvgIpc) is 2.66. The summed E-state index contributed by atoms with van der Waals surface area (Å²) in [5, 5.41) is 3.36. The van der Waals surface area contributed by atoms with Gasteiger partial charge in [-0.15, -0.1) is 11.8 Å². The van der Waals surface area contributed by atoms with E-state index in [-0.39, 0.29) is 16.1 Å². The molecule has 0 unspecified atom stereocenters. The number of hydrogen-bond acceptors (Lipinski definition) is 4. The molecule has 2 aromatic carbocycles. The first-order chi connectivity index (χ1) is 11.7. The van der Waals surface area contributed by atoms with Crippen molar-refractivity contribution in [1.82, 2.24) is 0 Å². The number of aryl methyl sites for hydroxylation is 1. The van der Waals surface area contributed by atoms with Crippen LogP contribution >= 0.6 is 23.4 Å². The zero-order valence-electron chi connectivity index (χ0n) is 13.7. The Balaban J connectivity index is 1.96. The van der Waals surface area contributed by atoms with Crippen LogP contribution < -0.4 is 10.0 Å². The van der Waals surface area contributed by atoms with Crippen LogP contribution in [0.4, 0.5) is 11.4 Å². The number of benzene rings is 2. The van der Waals surface area contributed by atoms with E-state index in [2.05, 4.69) is 10.0 Å². The van der Waals surface area contributed by atoms with E-state index in [0.29, 0.717) is 22.8 Å². The summed E-state index contributed by atoms with van der Waals surface area (Å²) < 4.78 is 28.0. The highest BCUT2D eigenvalue weighted by molar-refractivity contribution is 8.00. The molecule has 1 atom stereocenters. The summed E-state index contributed by atoms with van der Waals surface area (Å²) in [6.45, 7) is 3.76. The third kappa shape index (κ3) is 4.11. The molecule has 2 N–H and O–H groups in total. The zero-order chi connectivity index (χ0) is 18.2. The summed E-state index contributed by atoms with van der Waals surface area (Å²) in [5.41, 5.74) is 1.71. The monoisotopic (exact) mass is 396 g/mol. The highest BCUT2D eigenvalue weighted by Gasteiger charge is 2.22. The highest BCUT2D eigenvalue weighted by atomic mass is 35.5. The van der Waals surface area contributed by atoms with Crippen molar-refractivity contribution in [1.29, 1.82) is 0 Å². The Morgan fingerprint density at radius 1 is 1.24 bits per heavy atom. The largest absolute Gasteiger partial charge is 0.325 e. The molecule has 1 heterocycles. The number of anilines is 2. The zero-order valence-corrected chi connectivity index (χ0v) is 16.1. The number of sulfonamides is 1. The minimum absolute atomic E-state index is 0.0843. The van der Waals surface area contributed by atoms with Gasteiger partial charge in [-0.1, -0.05) is 24.6 Å². The summed E-state index contributed by atoms with van der Waals surface area (Å²) in [5.74, 6) is -0.119. The van der Waals surface area contributed by atoms with Crippen LogP contribution in [-0.2, 0) is 14.8 Å². The molecule has 8 heteroatoms. The Labute approximate surface area is 156 Å². The van der Waals surface area contributed by atoms with Gasteiger partial charge < -0.3 is 5.32 Å². The molecular formula is C17H17ClN2O3S2. The van der Waals surface area contributed by atoms with Crippen molar-refractivity contribution in [2.75, 3.05) is 10.0 Å². The molecule has 0 aromatic heterocycles. The summed E-state index contributed by atoms with van der Waals surface area (Å²) in [6, 6.07) is 9.76. The second-order valence-electron chi connectivity index (χ2n) is 5.90. The van der Waals surface area contributed by atoms with Crippen molar-refractivity contribution in [3.63, 3.8) is 0 Å². The summed E-state index contributed by atoms with van der Waals surface area (Å²) in [7, 11) is -3.80. The first kappa shape index (κ1) is 18.1. The number of nitrogens with one attached hydrogen (secondary N) is 2. The topological polar surface area (TPSA) is 75.3 Å². The Bertz CT molecular complexity index is 945. The third-order valence-electron chi connectivity index (χ3n) is 3.78. The lowest BCUT2D eigenvalue weighted by atomic mass is 10.2. The maximum Gasteiger partial charge on any atom is 0.261 e. The van der Waals surface area contributed by atoms with Crippen LogP contribution in [0, 0.1) is 6.92 Å². The number of hydrogen-bond donors (Lipinski definition) is 2. The Kier molecular flexibility index (Phi) is 4.99. The number of thioether (sulfide) groups is 1. The van der Waals surface area contributed by atoms with E-state index in [9.17, 15) is 13.2 Å². The SMILES string of the molecule is Cc1ccc(Cl)cc1NS(=O)(=O)c1ccc2c(c1)NC(=O)C[C@@H](C)S2. The van der Waals surface area contributed by atoms with Crippen LogP contribution in [-0.4, -0.2) is 19.6 Å². The van der Waals surface area contributed by atoms with Gasteiger partial charge in [0, 0.05) is 21.6 Å². The van der Waals surface area contributed by atoms with Crippen molar-refractivity contribution in [2.45, 2.75) is 35.3 Å². The minimum Gasteiger partial charge on any atom is -0.325 e. The highest BCUT2D eigenvalue weighted by Crippen LogP contribution is 2.36. The second-order valence-corrected chi connectivity index (χ2v) is 9.50. The lowest BCUT2D eigenvalue weighted by Crippen LogP contribution is -2.15. The van der Waals surface area contributed by atoms with Crippen LogP contribution in [0.25, 0.3) is 0 Å². The standard InChI is InChI=1S/C17H17ClN2O3S2/c1-10-3-4-12(18)8-14(10)20-25(22,23)13-5-6-16-15(9-13)19-17(21)7-11(2)24-16/h3-6,8-9,11,20H,7H2,1-2H3,(H,19,21)/t11-/m1/s1. The van der Waals surface area contributed by atoms with Gasteiger partial charge in [0.15, 0.2) is 0 Å². The van der Waals surface area contributed by atoms with Crippen LogP contribution in [0.3, 0.4) is 0 Å². The molecule has 0 saturated carbocycles. The fourth-order valence-corrected chi connectivity index (χ4v) is 4.88. The van der Waals surface area contributed by atoms with E-state index in [1.807, 2.05) is 6.92 Å². The number of carbonyl (C=O) groups excluding carboxylic acids is 1. The van der Waals surface area contributed by atoms with Gasteiger partial charge >= 0.3 is 0 Å². The normalized spacial score (nSPS) is 17.4. The summed E-state index contributed by atoms with van der Waals surface area (Å²) in [4.78, 5) is 12.8. The van der Waals surface area contributed by atoms with Crippen LogP contribution in [0.2, 0.25) is 5.02 Å². The van der Waals surface area contributed by atoms with Gasteiger partial charge in [-0.3, -0.25) is 9.52 Å². The number of carbonyl (C=O) groups is 1. The fraction of sp³-hybridized carbons (Fsp3) is 0.235. The molecule has 5 nitrogen and oxygen atoms in total. The third-order valence-corrected chi connectivity index (χ3v) is 6.56. The van der Waals surface area contributed by atoms with E-state index in [0.717, 1.165) is 10.5 Å². The summed E-state index contributed by atoms with van der Waals surface area (Å²) >= 11 is 7.50. The summed E-state index contributed by atoms with van der Waals surface area (Å²) in [6.07, 6.45) is 0.390. The maximum absolute atomic E-state index is 12.7. The predicted octanol–water partition coefficient (Wildman–Crippen LogP) is 4.27. The van der Waals surface area contributed by atoms with E-state index in [4.69, 9.17) is 11.6 Å². The predicted molar refractivity (Wildman–Crippen MR) is 102 cm³/mol. The molecule has 1 aliphatic heterocycles. The maximum atomic E-state index is 12.7. The van der Waals surface area contributed by atoms with E-state index >= 15 is 0 Å². The van der Waals surface area contributed by atoms with Crippen molar-refractivity contribution in [3.05, 3.63) is 47.0 Å². The number of fused-ring (bicyclic) bond motifs is 1. The molecular weight excluding hydrogens is 380 g/mol. The molecule has 0 saturated heterocycles. The molecule has 0 radical (unpaired) electrons. The van der Waals surface area contributed by atoms with Crippen LogP contribution in [0.1, 0.15) is 18.9 Å². The first-order valence-electron chi connectivity index (χ1n) is 7.64. The van der Waals surface area contributed by atoms with E-state index in [1.54, 1.807) is 43.0 Å². The van der Waals surface area contributed by atoms with Gasteiger partial charge in [-0.2, -0.15) is 0 Å². The van der Waals surface area contributed by atoms with Crippen molar-refractivity contribution in [2.24, 2.45) is 0 Å². The van der Waals surface area contributed by atoms with E-state index < -0.39 is 10.0 Å². The van der Waals surface area contributed by atoms with Gasteiger partial charge in [0.05, 0.1) is 16.3 Å². The van der Waals surface area contributed by atoms with Gasteiger partial charge in [-0.25, -0.2) is 8.42 Å². The molecule has 0 spiro atoms. The quantitative estimate of drug-likeness (QED) is 0.812. The Morgan fingerprint density at radius 3 is 2.76 bits per heavy atom. The van der Waals surface area contributed by atoms with Crippen molar-refractivity contribution < 1.29 is 13.2 Å². The molecule has 0 aliphatic carbocycles. The number of rotatable bonds is 3. The smallest absolute Gasteiger partial charge is 0.261 e. The molecule has 132 valence electrons. The van der Waals surface area contributed by atoms with Gasteiger partial charge in [-0.05, 0) is 42.8 Å². The first-order valence-corrected chi connectivity index (χ1v) is 10.4. The Hall–Kier alpha value is -1.70. The molecule has 2 aromatic rings. The molecule has 1 aliphatic rings. The van der Waals surface area contributed by atoms with Crippen molar-refractivity contribution in [3.8, 4) is 0 Å².